The molecule has 9 heteroatoms. The van der Waals surface area contributed by atoms with Crippen molar-refractivity contribution < 1.29 is 17.9 Å². The second-order valence-electron chi connectivity index (χ2n) is 5.20. The predicted octanol–water partition coefficient (Wildman–Crippen LogP) is 2.79. The number of hydrogen-bond donors (Lipinski definition) is 1. The minimum Gasteiger partial charge on any atom is -0.497 e. The standard InChI is InChI=1S/C17H14N2O4S3/c1-23-13-7-5-6-12(10-13)11-15-16(20)19(17(24)25-15)18-26(21,22)14-8-3-2-4-9-14/h2-11,18H,1H3/b15-11-. The summed E-state index contributed by atoms with van der Waals surface area (Å²) < 4.78 is 30.1. The minimum atomic E-state index is -3.91. The monoisotopic (exact) mass is 406 g/mol. The third kappa shape index (κ3) is 3.96. The molecule has 1 fully saturated rings. The zero-order valence-electron chi connectivity index (χ0n) is 13.6. The number of methoxy groups -OCH3 is 1. The van der Waals surface area contributed by atoms with E-state index in [-0.39, 0.29) is 9.22 Å². The van der Waals surface area contributed by atoms with Crippen molar-refractivity contribution in [1.82, 2.24) is 9.84 Å². The van der Waals surface area contributed by atoms with Crippen molar-refractivity contribution in [2.75, 3.05) is 7.11 Å². The lowest BCUT2D eigenvalue weighted by atomic mass is 10.2. The van der Waals surface area contributed by atoms with Crippen LogP contribution in [0.2, 0.25) is 0 Å². The maximum absolute atomic E-state index is 12.6. The number of carbonyl (C=O) groups excluding carboxylic acids is 1. The molecule has 1 aliphatic rings. The number of hydrogen-bond acceptors (Lipinski definition) is 6. The van der Waals surface area contributed by atoms with E-state index in [4.69, 9.17) is 17.0 Å². The molecule has 1 aliphatic heterocycles. The van der Waals surface area contributed by atoms with Gasteiger partial charge < -0.3 is 4.74 Å². The summed E-state index contributed by atoms with van der Waals surface area (Å²) in [4.78, 5) is 15.2. The molecule has 1 heterocycles. The van der Waals surface area contributed by atoms with E-state index in [0.29, 0.717) is 10.7 Å². The first-order chi connectivity index (χ1) is 12.4. The van der Waals surface area contributed by atoms with Crippen molar-refractivity contribution in [2.24, 2.45) is 0 Å². The highest BCUT2D eigenvalue weighted by atomic mass is 32.2. The van der Waals surface area contributed by atoms with Crippen molar-refractivity contribution >= 4 is 50.3 Å². The quantitative estimate of drug-likeness (QED) is 0.608. The first-order valence-corrected chi connectivity index (χ1v) is 10.1. The zero-order valence-corrected chi connectivity index (χ0v) is 16.0. The van der Waals surface area contributed by atoms with Crippen LogP contribution >= 0.6 is 24.0 Å². The highest BCUT2D eigenvalue weighted by Gasteiger charge is 2.35. The summed E-state index contributed by atoms with van der Waals surface area (Å²) in [5, 5.41) is 0.869. The number of thiocarbonyl (C=S) groups is 1. The minimum absolute atomic E-state index is 0.0471. The van der Waals surface area contributed by atoms with Crippen molar-refractivity contribution in [2.45, 2.75) is 4.90 Å². The Kier molecular flexibility index (Phi) is 5.42. The number of sulfonamides is 1. The fourth-order valence-corrected chi connectivity index (χ4v) is 4.53. The molecule has 0 atom stereocenters. The van der Waals surface area contributed by atoms with Gasteiger partial charge in [0.2, 0.25) is 0 Å². The van der Waals surface area contributed by atoms with Gasteiger partial charge in [-0.1, -0.05) is 54.3 Å². The van der Waals surface area contributed by atoms with Crippen LogP contribution < -0.4 is 9.57 Å². The number of benzene rings is 2. The lowest BCUT2D eigenvalue weighted by Crippen LogP contribution is -2.44. The predicted molar refractivity (Wildman–Crippen MR) is 105 cm³/mol. The van der Waals surface area contributed by atoms with Crippen molar-refractivity contribution in [3.8, 4) is 5.75 Å². The first-order valence-electron chi connectivity index (χ1n) is 7.40. The van der Waals surface area contributed by atoms with E-state index in [2.05, 4.69) is 4.83 Å². The summed E-state index contributed by atoms with van der Waals surface area (Å²) in [6, 6.07) is 14.9. The van der Waals surface area contributed by atoms with E-state index in [1.807, 2.05) is 6.07 Å². The Bertz CT molecular complexity index is 988. The number of carbonyl (C=O) groups is 1. The molecule has 1 saturated heterocycles. The van der Waals surface area contributed by atoms with E-state index in [0.717, 1.165) is 22.3 Å². The molecule has 0 aliphatic carbocycles. The smallest absolute Gasteiger partial charge is 0.281 e. The third-order valence-electron chi connectivity index (χ3n) is 3.45. The molecular formula is C17H14N2O4S3. The average Bonchev–Trinajstić information content (AvgIpc) is 2.90. The summed E-state index contributed by atoms with van der Waals surface area (Å²) >= 11 is 6.18. The Hall–Kier alpha value is -2.20. The van der Waals surface area contributed by atoms with Gasteiger partial charge in [0.15, 0.2) is 4.32 Å². The maximum Gasteiger partial charge on any atom is 0.281 e. The van der Waals surface area contributed by atoms with Gasteiger partial charge in [-0.3, -0.25) is 4.79 Å². The van der Waals surface area contributed by atoms with Gasteiger partial charge in [0.25, 0.3) is 15.9 Å². The summed E-state index contributed by atoms with van der Waals surface area (Å²) in [6.07, 6.45) is 1.64. The summed E-state index contributed by atoms with van der Waals surface area (Å²) in [5.41, 5.74) is 0.746. The molecule has 1 amide bonds. The van der Waals surface area contributed by atoms with Gasteiger partial charge in [-0.15, -0.1) is 4.83 Å². The zero-order chi connectivity index (χ0) is 18.7. The number of amides is 1. The Morgan fingerprint density at radius 2 is 1.88 bits per heavy atom. The van der Waals surface area contributed by atoms with E-state index in [9.17, 15) is 13.2 Å². The summed E-state index contributed by atoms with van der Waals surface area (Å²) in [7, 11) is -2.36. The van der Waals surface area contributed by atoms with Crippen LogP contribution in [0.15, 0.2) is 64.4 Å². The van der Waals surface area contributed by atoms with Crippen LogP contribution in [0, 0.1) is 0 Å². The molecule has 0 radical (unpaired) electrons. The second kappa shape index (κ2) is 7.58. The topological polar surface area (TPSA) is 75.7 Å². The van der Waals surface area contributed by atoms with Crippen LogP contribution in [-0.4, -0.2) is 30.8 Å². The maximum atomic E-state index is 12.6. The summed E-state index contributed by atoms with van der Waals surface area (Å²) in [6.45, 7) is 0. The number of hydrazine groups is 1. The SMILES string of the molecule is COc1cccc(/C=C2\SC(=S)N(NS(=O)(=O)c3ccccc3)C2=O)c1. The van der Waals surface area contributed by atoms with Gasteiger partial charge in [-0.25, -0.2) is 13.4 Å². The molecule has 0 bridgehead atoms. The number of ether oxygens (including phenoxy) is 1. The Labute approximate surface area is 160 Å². The van der Waals surface area contributed by atoms with E-state index in [1.54, 1.807) is 49.6 Å². The average molecular weight is 407 g/mol. The molecule has 1 N–H and O–H groups in total. The highest BCUT2D eigenvalue weighted by Crippen LogP contribution is 2.32. The molecule has 0 unspecified atom stereocenters. The van der Waals surface area contributed by atoms with Gasteiger partial charge in [-0.2, -0.15) is 0 Å². The molecule has 0 saturated carbocycles. The lowest BCUT2D eigenvalue weighted by molar-refractivity contribution is -0.123. The fraction of sp³-hybridized carbons (Fsp3) is 0.0588. The van der Waals surface area contributed by atoms with Crippen LogP contribution in [0.5, 0.6) is 5.75 Å². The molecule has 0 spiro atoms. The number of nitrogens with zero attached hydrogens (tertiary/aromatic N) is 1. The number of thioether (sulfide) groups is 1. The largest absolute Gasteiger partial charge is 0.497 e. The fourth-order valence-electron chi connectivity index (χ4n) is 2.20. The Morgan fingerprint density at radius 1 is 1.15 bits per heavy atom. The van der Waals surface area contributed by atoms with Gasteiger partial charge in [-0.05, 0) is 35.9 Å². The first kappa shape index (κ1) is 18.6. The second-order valence-corrected chi connectivity index (χ2v) is 8.54. The van der Waals surface area contributed by atoms with Crippen molar-refractivity contribution in [1.29, 1.82) is 0 Å². The molecular weight excluding hydrogens is 392 g/mol. The van der Waals surface area contributed by atoms with E-state index < -0.39 is 15.9 Å². The molecule has 0 aromatic heterocycles. The molecule has 3 rings (SSSR count). The number of nitrogens with one attached hydrogen (secondary N) is 1. The molecule has 6 nitrogen and oxygen atoms in total. The van der Waals surface area contributed by atoms with E-state index >= 15 is 0 Å². The van der Waals surface area contributed by atoms with Crippen LogP contribution in [0.3, 0.4) is 0 Å². The molecule has 2 aromatic carbocycles. The third-order valence-corrected chi connectivity index (χ3v) is 6.07. The van der Waals surface area contributed by atoms with E-state index in [1.165, 1.54) is 12.1 Å². The van der Waals surface area contributed by atoms with Gasteiger partial charge in [0.1, 0.15) is 5.75 Å². The van der Waals surface area contributed by atoms with Crippen LogP contribution in [0.1, 0.15) is 5.56 Å². The Morgan fingerprint density at radius 3 is 2.58 bits per heavy atom. The molecule has 2 aromatic rings. The molecule has 26 heavy (non-hydrogen) atoms. The highest BCUT2D eigenvalue weighted by molar-refractivity contribution is 8.26. The number of rotatable bonds is 5. The van der Waals surface area contributed by atoms with Gasteiger partial charge >= 0.3 is 0 Å². The van der Waals surface area contributed by atoms with Crippen molar-refractivity contribution in [3.63, 3.8) is 0 Å². The van der Waals surface area contributed by atoms with Gasteiger partial charge in [0, 0.05) is 0 Å². The van der Waals surface area contributed by atoms with Gasteiger partial charge in [0.05, 0.1) is 16.9 Å². The lowest BCUT2D eigenvalue weighted by Gasteiger charge is -2.15. The normalized spacial score (nSPS) is 16.3. The van der Waals surface area contributed by atoms with Crippen LogP contribution in [-0.2, 0) is 14.8 Å². The van der Waals surface area contributed by atoms with Crippen LogP contribution in [0.4, 0.5) is 0 Å². The van der Waals surface area contributed by atoms with Crippen LogP contribution in [0.25, 0.3) is 6.08 Å². The summed E-state index contributed by atoms with van der Waals surface area (Å²) in [5.74, 6) is 0.126. The Balaban J connectivity index is 1.84. The van der Waals surface area contributed by atoms with Crippen molar-refractivity contribution in [3.05, 3.63) is 65.1 Å². The molecule has 134 valence electrons.